The highest BCUT2D eigenvalue weighted by molar-refractivity contribution is 5.81. The highest BCUT2D eigenvalue weighted by atomic mass is 16.5. The van der Waals surface area contributed by atoms with Crippen LogP contribution < -0.4 is 0 Å². The van der Waals surface area contributed by atoms with Gasteiger partial charge in [0.25, 0.3) is 0 Å². The number of fused-ring (bicyclic) bond motifs is 1. The van der Waals surface area contributed by atoms with Gasteiger partial charge in [-0.15, -0.1) is 0 Å². The number of nitrogens with zero attached hydrogens (tertiary/aromatic N) is 4. The Kier molecular flexibility index (Phi) is 5.12. The number of piperidine rings is 1. The molecule has 0 radical (unpaired) electrons. The molecular weight excluding hydrogens is 364 g/mol. The Morgan fingerprint density at radius 1 is 1.14 bits per heavy atom. The van der Waals surface area contributed by atoms with Crippen LogP contribution in [0.25, 0.3) is 0 Å². The summed E-state index contributed by atoms with van der Waals surface area (Å²) in [5.41, 5.74) is 2.79. The normalized spacial score (nSPS) is 21.8. The van der Waals surface area contributed by atoms with Gasteiger partial charge < -0.3 is 9.42 Å². The van der Waals surface area contributed by atoms with E-state index in [0.29, 0.717) is 11.8 Å². The first-order chi connectivity index (χ1) is 14.2. The summed E-state index contributed by atoms with van der Waals surface area (Å²) in [5, 5.41) is 4.16. The van der Waals surface area contributed by atoms with E-state index in [9.17, 15) is 4.79 Å². The first kappa shape index (κ1) is 18.8. The van der Waals surface area contributed by atoms with Crippen LogP contribution in [0, 0.1) is 5.92 Å². The Hall–Kier alpha value is -2.21. The third kappa shape index (κ3) is 4.08. The molecule has 0 bridgehead atoms. The zero-order chi connectivity index (χ0) is 19.8. The molecule has 1 aromatic heterocycles. The lowest BCUT2D eigenvalue weighted by Gasteiger charge is -2.38. The molecule has 5 rings (SSSR count). The third-order valence-corrected chi connectivity index (χ3v) is 6.87. The molecule has 6 heteroatoms. The molecule has 1 aromatic carbocycles. The predicted molar refractivity (Wildman–Crippen MR) is 109 cm³/mol. The van der Waals surface area contributed by atoms with Crippen LogP contribution in [0.15, 0.2) is 28.8 Å². The van der Waals surface area contributed by atoms with Gasteiger partial charge in [0.1, 0.15) is 0 Å². The number of hydrogen-bond acceptors (Lipinski definition) is 5. The minimum absolute atomic E-state index is 0.0572. The SMILES string of the molecule is C[C@@H](C(=O)N1CCC(Cc2noc(C3CC3)n2)CC1)N1CCc2ccccc2C1. The molecule has 0 unspecified atom stereocenters. The second kappa shape index (κ2) is 7.90. The van der Waals surface area contributed by atoms with Crippen molar-refractivity contribution in [3.63, 3.8) is 0 Å². The van der Waals surface area contributed by atoms with Crippen LogP contribution in [0.5, 0.6) is 0 Å². The van der Waals surface area contributed by atoms with Crippen molar-refractivity contribution in [2.75, 3.05) is 19.6 Å². The van der Waals surface area contributed by atoms with E-state index in [2.05, 4.69) is 51.1 Å². The summed E-state index contributed by atoms with van der Waals surface area (Å²) in [7, 11) is 0. The Bertz CT molecular complexity index is 867. The van der Waals surface area contributed by atoms with Crippen LogP contribution >= 0.6 is 0 Å². The molecule has 2 aliphatic heterocycles. The van der Waals surface area contributed by atoms with Gasteiger partial charge in [0.05, 0.1) is 6.04 Å². The molecule has 6 nitrogen and oxygen atoms in total. The van der Waals surface area contributed by atoms with Crippen LogP contribution in [0.2, 0.25) is 0 Å². The zero-order valence-corrected chi connectivity index (χ0v) is 17.2. The fraction of sp³-hybridized carbons (Fsp3) is 0.609. The number of aromatic nitrogens is 2. The second-order valence-electron chi connectivity index (χ2n) is 8.96. The Balaban J connectivity index is 1.13. The Labute approximate surface area is 172 Å². The maximum atomic E-state index is 13.1. The van der Waals surface area contributed by atoms with Gasteiger partial charge in [-0.1, -0.05) is 29.4 Å². The molecule has 1 atom stereocenters. The Morgan fingerprint density at radius 2 is 1.90 bits per heavy atom. The summed E-state index contributed by atoms with van der Waals surface area (Å²) in [5.74, 6) is 3.00. The number of carbonyl (C=O) groups excluding carboxylic acids is 1. The van der Waals surface area contributed by atoms with E-state index < -0.39 is 0 Å². The van der Waals surface area contributed by atoms with Crippen LogP contribution in [0.4, 0.5) is 0 Å². The highest BCUT2D eigenvalue weighted by Crippen LogP contribution is 2.39. The number of carbonyl (C=O) groups is 1. The molecule has 2 aromatic rings. The van der Waals surface area contributed by atoms with E-state index in [4.69, 9.17) is 4.52 Å². The largest absolute Gasteiger partial charge is 0.341 e. The summed E-state index contributed by atoms with van der Waals surface area (Å²) in [4.78, 5) is 22.1. The second-order valence-corrected chi connectivity index (χ2v) is 8.96. The van der Waals surface area contributed by atoms with Gasteiger partial charge in [-0.25, -0.2) is 0 Å². The maximum absolute atomic E-state index is 13.1. The van der Waals surface area contributed by atoms with Gasteiger partial charge in [0, 0.05) is 38.5 Å². The average Bonchev–Trinajstić information content (AvgIpc) is 3.52. The van der Waals surface area contributed by atoms with Crippen molar-refractivity contribution in [3.8, 4) is 0 Å². The smallest absolute Gasteiger partial charge is 0.239 e. The van der Waals surface area contributed by atoms with Crippen molar-refractivity contribution >= 4 is 5.91 Å². The predicted octanol–water partition coefficient (Wildman–Crippen LogP) is 3.17. The molecule has 1 saturated carbocycles. The van der Waals surface area contributed by atoms with E-state index in [1.807, 2.05) is 0 Å². The van der Waals surface area contributed by atoms with E-state index in [1.54, 1.807) is 0 Å². The van der Waals surface area contributed by atoms with Gasteiger partial charge in [-0.2, -0.15) is 4.98 Å². The molecule has 154 valence electrons. The summed E-state index contributed by atoms with van der Waals surface area (Å²) < 4.78 is 5.38. The number of rotatable bonds is 5. The lowest BCUT2D eigenvalue weighted by Crippen LogP contribution is -2.50. The van der Waals surface area contributed by atoms with Crippen molar-refractivity contribution < 1.29 is 9.32 Å². The van der Waals surface area contributed by atoms with Crippen molar-refractivity contribution in [1.29, 1.82) is 0 Å². The topological polar surface area (TPSA) is 62.5 Å². The first-order valence-electron chi connectivity index (χ1n) is 11.1. The number of likely N-dealkylation sites (tertiary alicyclic amines) is 1. The molecule has 3 aliphatic rings. The monoisotopic (exact) mass is 394 g/mol. The third-order valence-electron chi connectivity index (χ3n) is 6.87. The molecule has 3 heterocycles. The fourth-order valence-corrected chi connectivity index (χ4v) is 4.73. The quantitative estimate of drug-likeness (QED) is 0.779. The van der Waals surface area contributed by atoms with Gasteiger partial charge >= 0.3 is 0 Å². The molecule has 0 spiro atoms. The average molecular weight is 395 g/mol. The fourth-order valence-electron chi connectivity index (χ4n) is 4.73. The number of benzene rings is 1. The maximum Gasteiger partial charge on any atom is 0.239 e. The van der Waals surface area contributed by atoms with E-state index in [1.165, 1.54) is 24.0 Å². The summed E-state index contributed by atoms with van der Waals surface area (Å²) in [6.07, 6.45) is 6.31. The molecule has 0 N–H and O–H groups in total. The summed E-state index contributed by atoms with van der Waals surface area (Å²) >= 11 is 0. The highest BCUT2D eigenvalue weighted by Gasteiger charge is 2.32. The van der Waals surface area contributed by atoms with E-state index in [0.717, 1.165) is 63.6 Å². The van der Waals surface area contributed by atoms with Crippen molar-refractivity contribution in [2.24, 2.45) is 5.92 Å². The van der Waals surface area contributed by atoms with Crippen LogP contribution in [0.3, 0.4) is 0 Å². The van der Waals surface area contributed by atoms with Gasteiger partial charge in [-0.3, -0.25) is 9.69 Å². The molecule has 1 amide bonds. The van der Waals surface area contributed by atoms with E-state index >= 15 is 0 Å². The lowest BCUT2D eigenvalue weighted by molar-refractivity contribution is -0.138. The van der Waals surface area contributed by atoms with Crippen LogP contribution in [-0.2, 0) is 24.2 Å². The molecule has 1 aliphatic carbocycles. The van der Waals surface area contributed by atoms with Gasteiger partial charge in [0.2, 0.25) is 11.8 Å². The molecule has 29 heavy (non-hydrogen) atoms. The summed E-state index contributed by atoms with van der Waals surface area (Å²) in [6, 6.07) is 8.54. The van der Waals surface area contributed by atoms with E-state index in [-0.39, 0.29) is 11.9 Å². The van der Waals surface area contributed by atoms with Crippen molar-refractivity contribution in [3.05, 3.63) is 47.1 Å². The number of amides is 1. The molecular formula is C23H30N4O2. The van der Waals surface area contributed by atoms with Crippen LogP contribution in [-0.4, -0.2) is 51.5 Å². The van der Waals surface area contributed by atoms with Gasteiger partial charge in [0.15, 0.2) is 5.82 Å². The molecule has 2 fully saturated rings. The molecule has 1 saturated heterocycles. The number of hydrogen-bond donors (Lipinski definition) is 0. The lowest BCUT2D eigenvalue weighted by atomic mass is 9.92. The first-order valence-corrected chi connectivity index (χ1v) is 11.1. The standard InChI is InChI=1S/C23H30N4O2/c1-16(27-13-10-18-4-2-3-5-20(18)15-27)23(28)26-11-8-17(9-12-26)14-21-24-22(29-25-21)19-6-7-19/h2-5,16-17,19H,6-15H2,1H3/t16-/m0/s1. The Morgan fingerprint density at radius 3 is 2.66 bits per heavy atom. The zero-order valence-electron chi connectivity index (χ0n) is 17.2. The van der Waals surface area contributed by atoms with Crippen LogP contribution in [0.1, 0.15) is 61.4 Å². The van der Waals surface area contributed by atoms with Crippen molar-refractivity contribution in [1.82, 2.24) is 19.9 Å². The van der Waals surface area contributed by atoms with Crippen molar-refractivity contribution in [2.45, 2.75) is 64.0 Å². The minimum Gasteiger partial charge on any atom is -0.341 e. The minimum atomic E-state index is -0.0572. The van der Waals surface area contributed by atoms with Gasteiger partial charge in [-0.05, 0) is 56.1 Å². The summed E-state index contributed by atoms with van der Waals surface area (Å²) in [6.45, 7) is 5.58.